The Hall–Kier alpha value is -7.18. The smallest absolute Gasteiger partial charge is 0.244 e. The molecule has 0 aliphatic carbocycles. The lowest BCUT2D eigenvalue weighted by molar-refractivity contribution is -0.687. The lowest BCUT2D eigenvalue weighted by Crippen LogP contribution is -2.32. The fraction of sp³-hybridized carbons (Fsp3) is 0.0800. The number of benzene rings is 7. The number of hydrogen-bond acceptors (Lipinski definition) is 2. The summed E-state index contributed by atoms with van der Waals surface area (Å²) in [6.45, 7) is 2.92. The second kappa shape index (κ2) is 13.3. The van der Waals surface area contributed by atoms with Crippen molar-refractivity contribution >= 4 is 64.9 Å². The van der Waals surface area contributed by atoms with Crippen molar-refractivity contribution < 1.29 is 9.13 Å². The minimum Gasteiger partial charge on any atom is -0.246 e. The second-order valence-corrected chi connectivity index (χ2v) is 14.9. The fourth-order valence-corrected chi connectivity index (χ4v) is 8.57. The van der Waals surface area contributed by atoms with Crippen LogP contribution in [0.5, 0.6) is 0 Å². The molecule has 0 unspecified atom stereocenters. The van der Waals surface area contributed by atoms with Gasteiger partial charge in [-0.3, -0.25) is 0 Å². The van der Waals surface area contributed by atoms with Crippen molar-refractivity contribution in [3.63, 3.8) is 0 Å². The van der Waals surface area contributed by atoms with Gasteiger partial charge in [0.1, 0.15) is 51.0 Å². The first-order valence-electron chi connectivity index (χ1n) is 19.3. The molecule has 266 valence electrons. The third kappa shape index (κ3) is 5.83. The SMILES string of the molecule is c1ccc2c(C[n+]3ccn(Cc4ccc5ccc6ccc(Cn7cc[n+](Cc8c9ccccc9cc9ccccc89)c7)nc6c5n4)c3)c3ccccc3cc2c1. The molecule has 0 spiro atoms. The van der Waals surface area contributed by atoms with Gasteiger partial charge in [-0.1, -0.05) is 121 Å². The van der Waals surface area contributed by atoms with E-state index in [1.54, 1.807) is 0 Å². The van der Waals surface area contributed by atoms with E-state index >= 15 is 0 Å². The zero-order valence-corrected chi connectivity index (χ0v) is 30.8. The Balaban J connectivity index is 0.861. The molecular formula is C50H38N6+2. The normalized spacial score (nSPS) is 11.9. The highest BCUT2D eigenvalue weighted by molar-refractivity contribution is 6.04. The Morgan fingerprint density at radius 2 is 0.750 bits per heavy atom. The van der Waals surface area contributed by atoms with Gasteiger partial charge >= 0.3 is 0 Å². The van der Waals surface area contributed by atoms with Crippen molar-refractivity contribution in [2.75, 3.05) is 0 Å². The highest BCUT2D eigenvalue weighted by Gasteiger charge is 2.16. The van der Waals surface area contributed by atoms with Crippen molar-refractivity contribution in [3.05, 3.63) is 206 Å². The first kappa shape index (κ1) is 32.3. The quantitative estimate of drug-likeness (QED) is 0.0891. The average molecular weight is 723 g/mol. The van der Waals surface area contributed by atoms with Gasteiger partial charge in [0.25, 0.3) is 0 Å². The van der Waals surface area contributed by atoms with Crippen LogP contribution in [0, 0.1) is 0 Å². The van der Waals surface area contributed by atoms with Crippen LogP contribution in [0.3, 0.4) is 0 Å². The van der Waals surface area contributed by atoms with E-state index < -0.39 is 0 Å². The highest BCUT2D eigenvalue weighted by Crippen LogP contribution is 2.30. The maximum atomic E-state index is 5.22. The zero-order valence-electron chi connectivity index (χ0n) is 30.8. The second-order valence-electron chi connectivity index (χ2n) is 14.9. The Morgan fingerprint density at radius 3 is 1.14 bits per heavy atom. The first-order valence-corrected chi connectivity index (χ1v) is 19.3. The van der Waals surface area contributed by atoms with Crippen molar-refractivity contribution in [2.45, 2.75) is 26.2 Å². The van der Waals surface area contributed by atoms with Crippen molar-refractivity contribution in [3.8, 4) is 0 Å². The van der Waals surface area contributed by atoms with Crippen LogP contribution >= 0.6 is 0 Å². The molecule has 0 radical (unpaired) electrons. The molecule has 4 aromatic heterocycles. The molecule has 0 amide bonds. The van der Waals surface area contributed by atoms with Crippen molar-refractivity contribution in [2.24, 2.45) is 0 Å². The fourth-order valence-electron chi connectivity index (χ4n) is 8.57. The largest absolute Gasteiger partial charge is 0.246 e. The van der Waals surface area contributed by atoms with E-state index in [1.807, 2.05) is 0 Å². The van der Waals surface area contributed by atoms with Crippen LogP contribution in [0.25, 0.3) is 64.9 Å². The molecule has 0 aliphatic rings. The molecule has 7 aromatic carbocycles. The summed E-state index contributed by atoms with van der Waals surface area (Å²) in [5, 5.41) is 12.5. The summed E-state index contributed by atoms with van der Waals surface area (Å²) in [7, 11) is 0. The molecule has 6 heteroatoms. The molecule has 0 bridgehead atoms. The van der Waals surface area contributed by atoms with Gasteiger partial charge in [-0.2, -0.15) is 0 Å². The van der Waals surface area contributed by atoms with Crippen LogP contribution in [0.15, 0.2) is 183 Å². The zero-order chi connectivity index (χ0) is 37.0. The van der Waals surface area contributed by atoms with Crippen LogP contribution < -0.4 is 9.13 Å². The molecule has 0 aliphatic heterocycles. The molecule has 0 saturated heterocycles. The molecule has 4 heterocycles. The standard InChI is InChI=1S/C50H38N6/c1-5-13-43-37(9-1)27-38-10-2-6-14-44(38)47(43)31-55-25-23-53(33-55)29-41-21-19-35-17-18-36-20-22-42(52-50(36)49(35)51-41)30-54-24-26-56(34-54)32-48-45-15-7-3-11-39(45)28-40-12-4-8-16-46(40)48/h1-28,33-34H,29-32H2/q+2. The predicted molar refractivity (Wildman–Crippen MR) is 226 cm³/mol. The molecule has 0 atom stereocenters. The van der Waals surface area contributed by atoms with Crippen molar-refractivity contribution in [1.29, 1.82) is 0 Å². The Kier molecular flexibility index (Phi) is 7.66. The summed E-state index contributed by atoms with van der Waals surface area (Å²) in [6.07, 6.45) is 13.0. The van der Waals surface area contributed by atoms with Gasteiger partial charge in [0.2, 0.25) is 12.7 Å². The number of aromatic nitrogens is 6. The minimum absolute atomic E-state index is 0.671. The number of pyridine rings is 2. The number of rotatable bonds is 8. The molecule has 56 heavy (non-hydrogen) atoms. The summed E-state index contributed by atoms with van der Waals surface area (Å²) >= 11 is 0. The highest BCUT2D eigenvalue weighted by atomic mass is 15.1. The minimum atomic E-state index is 0.671. The molecule has 6 nitrogen and oxygen atoms in total. The van der Waals surface area contributed by atoms with Gasteiger partial charge in [-0.05, 0) is 67.4 Å². The number of nitrogens with zero attached hydrogens (tertiary/aromatic N) is 6. The van der Waals surface area contributed by atoms with Crippen LogP contribution in [-0.2, 0) is 26.2 Å². The lowest BCUT2D eigenvalue weighted by Gasteiger charge is -2.10. The van der Waals surface area contributed by atoms with E-state index in [9.17, 15) is 0 Å². The van der Waals surface area contributed by atoms with Gasteiger partial charge in [-0.15, -0.1) is 0 Å². The molecule has 0 saturated carbocycles. The van der Waals surface area contributed by atoms with Gasteiger partial charge in [0.05, 0.1) is 22.4 Å². The monoisotopic (exact) mass is 722 g/mol. The topological polar surface area (TPSA) is 43.4 Å². The lowest BCUT2D eigenvalue weighted by atomic mass is 9.97. The van der Waals surface area contributed by atoms with Gasteiger partial charge in [0, 0.05) is 21.9 Å². The van der Waals surface area contributed by atoms with E-state index in [0.29, 0.717) is 13.1 Å². The molecule has 11 aromatic rings. The summed E-state index contributed by atoms with van der Waals surface area (Å²) in [4.78, 5) is 10.4. The van der Waals surface area contributed by atoms with Crippen LogP contribution in [0.1, 0.15) is 22.5 Å². The van der Waals surface area contributed by atoms with E-state index in [4.69, 9.17) is 9.97 Å². The Labute approximate surface area is 323 Å². The molecule has 11 rings (SSSR count). The first-order chi connectivity index (χ1) is 27.7. The maximum absolute atomic E-state index is 5.22. The molecular weight excluding hydrogens is 685 g/mol. The van der Waals surface area contributed by atoms with Gasteiger partial charge in [0.15, 0.2) is 0 Å². The average Bonchev–Trinajstić information content (AvgIpc) is 3.89. The summed E-state index contributed by atoms with van der Waals surface area (Å²) in [5.74, 6) is 0. The molecule has 0 N–H and O–H groups in total. The van der Waals surface area contributed by atoms with Gasteiger partial charge < -0.3 is 0 Å². The van der Waals surface area contributed by atoms with Crippen LogP contribution in [0.2, 0.25) is 0 Å². The van der Waals surface area contributed by atoms with Crippen molar-refractivity contribution in [1.82, 2.24) is 19.1 Å². The van der Waals surface area contributed by atoms with E-state index in [0.717, 1.165) is 46.3 Å². The number of imidazole rings is 2. The summed E-state index contributed by atoms with van der Waals surface area (Å²) in [6, 6.07) is 52.3. The number of hydrogen-bond donors (Lipinski definition) is 0. The van der Waals surface area contributed by atoms with Crippen LogP contribution in [-0.4, -0.2) is 19.1 Å². The Morgan fingerprint density at radius 1 is 0.393 bits per heavy atom. The van der Waals surface area contributed by atoms with Gasteiger partial charge in [-0.25, -0.2) is 28.2 Å². The molecule has 0 fully saturated rings. The van der Waals surface area contributed by atoms with E-state index in [-0.39, 0.29) is 0 Å². The number of fused-ring (bicyclic) bond motifs is 7. The summed E-state index contributed by atoms with van der Waals surface area (Å²) in [5.41, 5.74) is 6.56. The van der Waals surface area contributed by atoms with E-state index in [2.05, 4.69) is 201 Å². The summed E-state index contributed by atoms with van der Waals surface area (Å²) < 4.78 is 8.98. The van der Waals surface area contributed by atoms with E-state index in [1.165, 1.54) is 54.2 Å². The third-order valence-electron chi connectivity index (χ3n) is 11.3. The predicted octanol–water partition coefficient (Wildman–Crippen LogP) is 9.77. The maximum Gasteiger partial charge on any atom is 0.244 e. The third-order valence-corrected chi connectivity index (χ3v) is 11.3. The Bertz CT molecular complexity index is 2950. The van der Waals surface area contributed by atoms with Crippen LogP contribution in [0.4, 0.5) is 0 Å².